The number of esters is 1. The van der Waals surface area contributed by atoms with Crippen LogP contribution in [0.15, 0.2) is 24.3 Å². The summed E-state index contributed by atoms with van der Waals surface area (Å²) in [5, 5.41) is 3.60. The van der Waals surface area contributed by atoms with Gasteiger partial charge in [0.25, 0.3) is 5.91 Å². The Morgan fingerprint density at radius 3 is 2.63 bits per heavy atom. The summed E-state index contributed by atoms with van der Waals surface area (Å²) in [7, 11) is 0. The molecule has 2 N–H and O–H groups in total. The summed E-state index contributed by atoms with van der Waals surface area (Å²) in [5.41, 5.74) is 1.27. The van der Waals surface area contributed by atoms with Gasteiger partial charge in [-0.2, -0.15) is 0 Å². The monoisotopic (exact) mass is 411 g/mol. The van der Waals surface area contributed by atoms with Gasteiger partial charge in [-0.15, -0.1) is 0 Å². The lowest BCUT2D eigenvalue weighted by atomic mass is 9.82. The quantitative estimate of drug-likeness (QED) is 0.432. The van der Waals surface area contributed by atoms with Gasteiger partial charge >= 0.3 is 12.0 Å². The Balaban J connectivity index is 1.32. The Hall–Kier alpha value is -3.16. The van der Waals surface area contributed by atoms with Gasteiger partial charge in [0, 0.05) is 28.7 Å². The van der Waals surface area contributed by atoms with Gasteiger partial charge in [0.15, 0.2) is 6.61 Å². The largest absolute Gasteiger partial charge is 0.457 e. The molecule has 1 aliphatic heterocycles. The second-order valence-electron chi connectivity index (χ2n) is 8.03. The maximum absolute atomic E-state index is 12.7. The average Bonchev–Trinajstić information content (AvgIpc) is 3.18. The number of H-pyrrole nitrogens is 1. The highest BCUT2D eigenvalue weighted by Gasteiger charge is 2.51. The van der Waals surface area contributed by atoms with E-state index in [-0.39, 0.29) is 31.3 Å². The van der Waals surface area contributed by atoms with Crippen LogP contribution in [0.25, 0.3) is 10.9 Å². The van der Waals surface area contributed by atoms with E-state index in [1.807, 2.05) is 24.3 Å². The van der Waals surface area contributed by atoms with E-state index in [1.165, 1.54) is 0 Å². The van der Waals surface area contributed by atoms with Crippen molar-refractivity contribution in [3.8, 4) is 0 Å². The molecule has 0 radical (unpaired) electrons. The van der Waals surface area contributed by atoms with Gasteiger partial charge in [-0.05, 0) is 25.8 Å². The molecule has 1 aromatic carbocycles. The summed E-state index contributed by atoms with van der Waals surface area (Å²) in [6.45, 7) is 1.37. The number of fused-ring (bicyclic) bond motifs is 1. The van der Waals surface area contributed by atoms with Gasteiger partial charge in [0.1, 0.15) is 5.54 Å². The fourth-order valence-corrected chi connectivity index (χ4v) is 4.50. The van der Waals surface area contributed by atoms with Gasteiger partial charge in [0.2, 0.25) is 5.78 Å². The van der Waals surface area contributed by atoms with Crippen LogP contribution < -0.4 is 5.32 Å². The zero-order chi connectivity index (χ0) is 21.3. The molecule has 4 rings (SSSR count). The van der Waals surface area contributed by atoms with Crippen LogP contribution in [0, 0.1) is 6.92 Å². The zero-order valence-corrected chi connectivity index (χ0v) is 17.0. The van der Waals surface area contributed by atoms with E-state index >= 15 is 0 Å². The van der Waals surface area contributed by atoms with Crippen molar-refractivity contribution < 1.29 is 23.9 Å². The van der Waals surface area contributed by atoms with E-state index in [0.29, 0.717) is 18.4 Å². The highest BCUT2D eigenvalue weighted by Crippen LogP contribution is 2.33. The second-order valence-corrected chi connectivity index (χ2v) is 8.03. The molecule has 8 heteroatoms. The summed E-state index contributed by atoms with van der Waals surface area (Å²) >= 11 is 0. The third-order valence-electron chi connectivity index (χ3n) is 6.03. The molecule has 0 bridgehead atoms. The number of urea groups is 1. The molecule has 2 aromatic rings. The maximum Gasteiger partial charge on any atom is 0.325 e. The smallest absolute Gasteiger partial charge is 0.325 e. The first-order chi connectivity index (χ1) is 14.4. The highest BCUT2D eigenvalue weighted by molar-refractivity contribution is 6.10. The van der Waals surface area contributed by atoms with Crippen molar-refractivity contribution in [2.45, 2.75) is 51.0 Å². The fourth-order valence-electron chi connectivity index (χ4n) is 4.50. The predicted octanol–water partition coefficient (Wildman–Crippen LogP) is 2.85. The average molecular weight is 411 g/mol. The van der Waals surface area contributed by atoms with Crippen LogP contribution in [0.2, 0.25) is 0 Å². The standard InChI is InChI=1S/C22H25N3O5/c1-14-19(15-7-3-4-8-16(15)23-14)17(26)13-30-18(27)9-12-25-20(28)22(24-21(25)29)10-5-2-6-11-22/h3-4,7-8,23H,2,5-6,9-13H2,1H3,(H,24,29). The molecule has 1 saturated carbocycles. The number of aryl methyl sites for hydroxylation is 1. The van der Waals surface area contributed by atoms with E-state index in [1.54, 1.807) is 6.92 Å². The van der Waals surface area contributed by atoms with Crippen molar-refractivity contribution in [3.05, 3.63) is 35.5 Å². The van der Waals surface area contributed by atoms with Crippen molar-refractivity contribution in [2.75, 3.05) is 13.2 Å². The van der Waals surface area contributed by atoms with Crippen LogP contribution in [0.3, 0.4) is 0 Å². The number of imide groups is 1. The summed E-state index contributed by atoms with van der Waals surface area (Å²) in [6.07, 6.45) is 3.99. The number of para-hydroxylation sites is 1. The Morgan fingerprint density at radius 1 is 1.13 bits per heavy atom. The topological polar surface area (TPSA) is 109 Å². The minimum Gasteiger partial charge on any atom is -0.457 e. The van der Waals surface area contributed by atoms with Crippen molar-refractivity contribution in [2.24, 2.45) is 0 Å². The molecule has 1 spiro atoms. The van der Waals surface area contributed by atoms with Crippen LogP contribution in [0.1, 0.15) is 54.6 Å². The minimum atomic E-state index is -0.804. The molecular weight excluding hydrogens is 386 g/mol. The first kappa shape index (κ1) is 20.1. The molecule has 2 heterocycles. The lowest BCUT2D eigenvalue weighted by Gasteiger charge is -2.30. The molecule has 30 heavy (non-hydrogen) atoms. The van der Waals surface area contributed by atoms with Crippen LogP contribution in [-0.2, 0) is 14.3 Å². The number of aromatic amines is 1. The summed E-state index contributed by atoms with van der Waals surface area (Å²) < 4.78 is 5.13. The fraction of sp³-hybridized carbons (Fsp3) is 0.455. The number of hydrogen-bond donors (Lipinski definition) is 2. The lowest BCUT2D eigenvalue weighted by Crippen LogP contribution is -2.48. The minimum absolute atomic E-state index is 0.0500. The first-order valence-corrected chi connectivity index (χ1v) is 10.3. The number of aromatic nitrogens is 1. The third-order valence-corrected chi connectivity index (χ3v) is 6.03. The number of rotatable bonds is 6. The first-order valence-electron chi connectivity index (χ1n) is 10.3. The Bertz CT molecular complexity index is 1020. The van der Waals surface area contributed by atoms with Crippen LogP contribution in [-0.4, -0.2) is 52.3 Å². The molecule has 0 unspecified atom stereocenters. The number of hydrogen-bond acceptors (Lipinski definition) is 5. The Labute approximate surface area is 173 Å². The van der Waals surface area contributed by atoms with Gasteiger partial charge in [-0.3, -0.25) is 19.3 Å². The molecule has 3 amide bonds. The van der Waals surface area contributed by atoms with Crippen molar-refractivity contribution >= 4 is 34.6 Å². The summed E-state index contributed by atoms with van der Waals surface area (Å²) in [6, 6.07) is 6.98. The zero-order valence-electron chi connectivity index (χ0n) is 17.0. The summed E-state index contributed by atoms with van der Waals surface area (Å²) in [4.78, 5) is 53.9. The van der Waals surface area contributed by atoms with Crippen LogP contribution in [0.4, 0.5) is 4.79 Å². The molecule has 0 atom stereocenters. The van der Waals surface area contributed by atoms with Crippen LogP contribution in [0.5, 0.6) is 0 Å². The van der Waals surface area contributed by atoms with Gasteiger partial charge in [0.05, 0.1) is 6.42 Å². The molecule has 1 aromatic heterocycles. The molecule has 158 valence electrons. The number of Topliss-reactive ketones (excluding diaryl/α,β-unsaturated/α-hetero) is 1. The van der Waals surface area contributed by atoms with E-state index in [2.05, 4.69) is 10.3 Å². The van der Waals surface area contributed by atoms with E-state index in [9.17, 15) is 19.2 Å². The van der Waals surface area contributed by atoms with Crippen molar-refractivity contribution in [1.29, 1.82) is 0 Å². The SMILES string of the molecule is Cc1[nH]c2ccccc2c1C(=O)COC(=O)CCN1C(=O)NC2(CCCCC2)C1=O. The lowest BCUT2D eigenvalue weighted by molar-refractivity contribution is -0.143. The van der Waals surface area contributed by atoms with Crippen molar-refractivity contribution in [3.63, 3.8) is 0 Å². The Kier molecular flexibility index (Phi) is 5.32. The normalized spacial score (nSPS) is 18.1. The number of amides is 3. The number of carbonyl (C=O) groups is 4. The van der Waals surface area contributed by atoms with Gasteiger partial charge in [-0.1, -0.05) is 37.5 Å². The van der Waals surface area contributed by atoms with E-state index in [4.69, 9.17) is 4.74 Å². The number of ketones is 1. The highest BCUT2D eigenvalue weighted by atomic mass is 16.5. The predicted molar refractivity (Wildman–Crippen MR) is 109 cm³/mol. The van der Waals surface area contributed by atoms with Crippen molar-refractivity contribution in [1.82, 2.24) is 15.2 Å². The van der Waals surface area contributed by atoms with E-state index < -0.39 is 17.5 Å². The molecule has 2 aliphatic rings. The molecule has 2 fully saturated rings. The Morgan fingerprint density at radius 2 is 1.87 bits per heavy atom. The number of ether oxygens (including phenoxy) is 1. The van der Waals surface area contributed by atoms with Gasteiger partial charge < -0.3 is 15.0 Å². The van der Waals surface area contributed by atoms with E-state index in [0.717, 1.165) is 40.8 Å². The number of nitrogens with one attached hydrogen (secondary N) is 2. The van der Waals surface area contributed by atoms with Gasteiger partial charge in [-0.25, -0.2) is 4.79 Å². The molecular formula is C22H25N3O5. The maximum atomic E-state index is 12.7. The number of carbonyl (C=O) groups excluding carboxylic acids is 4. The molecule has 8 nitrogen and oxygen atoms in total. The molecule has 1 aliphatic carbocycles. The molecule has 1 saturated heterocycles. The second kappa shape index (κ2) is 7.93. The number of nitrogens with zero attached hydrogens (tertiary/aromatic N) is 1. The summed E-state index contributed by atoms with van der Waals surface area (Å²) in [5.74, 6) is -1.18. The third kappa shape index (κ3) is 3.58. The van der Waals surface area contributed by atoms with Crippen LogP contribution >= 0.6 is 0 Å². The number of benzene rings is 1.